The molecular weight excluding hydrogens is 298 g/mol. The van der Waals surface area contributed by atoms with Crippen LogP contribution in [0.5, 0.6) is 0 Å². The normalized spacial score (nSPS) is 39.0. The first-order valence-electron chi connectivity index (χ1n) is 5.77. The molecule has 0 aromatic rings. The van der Waals surface area contributed by atoms with Crippen LogP contribution in [0.1, 0.15) is 19.3 Å². The van der Waals surface area contributed by atoms with E-state index in [0.717, 1.165) is 19.3 Å². The number of hydrogen-bond donors (Lipinski definition) is 0. The Bertz CT molecular complexity index is 497. The second kappa shape index (κ2) is 4.14. The third kappa shape index (κ3) is 1.39. The van der Waals surface area contributed by atoms with Crippen molar-refractivity contribution >= 4 is 40.8 Å². The van der Waals surface area contributed by atoms with Crippen LogP contribution < -0.4 is 0 Å². The van der Waals surface area contributed by atoms with Crippen LogP contribution in [0.3, 0.4) is 0 Å². The minimum Gasteiger partial charge on any atom is -0.419 e. The van der Waals surface area contributed by atoms with Gasteiger partial charge >= 0.3 is 5.97 Å². The average molecular weight is 310 g/mol. The van der Waals surface area contributed by atoms with Crippen LogP contribution in [0.2, 0.25) is 0 Å². The Kier molecular flexibility index (Phi) is 2.94. The highest BCUT2D eigenvalue weighted by Gasteiger charge is 2.59. The lowest BCUT2D eigenvalue weighted by Crippen LogP contribution is -2.42. The molecule has 3 rings (SSSR count). The van der Waals surface area contributed by atoms with Crippen molar-refractivity contribution in [2.24, 2.45) is 11.8 Å². The summed E-state index contributed by atoms with van der Waals surface area (Å²) in [6, 6.07) is 0. The van der Waals surface area contributed by atoms with Gasteiger partial charge in [-0.25, -0.2) is 4.79 Å². The zero-order valence-corrected chi connectivity index (χ0v) is 11.9. The average Bonchev–Trinajstić information content (AvgIpc) is 2.91. The molecule has 1 fully saturated rings. The van der Waals surface area contributed by atoms with Crippen molar-refractivity contribution in [1.29, 1.82) is 0 Å². The number of rotatable bonds is 1. The lowest BCUT2D eigenvalue weighted by molar-refractivity contribution is -0.179. The standard InChI is InChI=1S/C12H11Cl3O3/c1-17-12-7(9(14)11(16)18-12)5-3-2-4-6(5)8(13)10(12)15/h5-6H,2-4H2,1H3/t5-,6+,12+/m0/s1. The summed E-state index contributed by atoms with van der Waals surface area (Å²) in [5, 5.41) is 0.855. The molecule has 3 aliphatic rings. The highest BCUT2D eigenvalue weighted by molar-refractivity contribution is 6.44. The van der Waals surface area contributed by atoms with Gasteiger partial charge < -0.3 is 9.47 Å². The first kappa shape index (κ1) is 12.8. The molecule has 0 unspecified atom stereocenters. The van der Waals surface area contributed by atoms with Crippen LogP contribution in [-0.4, -0.2) is 18.9 Å². The Morgan fingerprint density at radius 1 is 1.28 bits per heavy atom. The molecule has 0 spiro atoms. The molecule has 0 saturated heterocycles. The van der Waals surface area contributed by atoms with E-state index in [1.165, 1.54) is 7.11 Å². The summed E-state index contributed by atoms with van der Waals surface area (Å²) in [6.07, 6.45) is 2.89. The first-order chi connectivity index (χ1) is 8.53. The van der Waals surface area contributed by atoms with E-state index in [1.54, 1.807) is 0 Å². The van der Waals surface area contributed by atoms with Gasteiger partial charge in [0.05, 0.1) is 0 Å². The van der Waals surface area contributed by atoms with Crippen molar-refractivity contribution in [3.8, 4) is 0 Å². The fourth-order valence-corrected chi connectivity index (χ4v) is 4.27. The molecule has 0 amide bonds. The second-order valence-electron chi connectivity index (χ2n) is 4.74. The van der Waals surface area contributed by atoms with E-state index in [4.69, 9.17) is 44.3 Å². The molecule has 0 radical (unpaired) electrons. The Balaban J connectivity index is 2.26. The van der Waals surface area contributed by atoms with Crippen LogP contribution in [0.15, 0.2) is 20.7 Å². The van der Waals surface area contributed by atoms with Gasteiger partial charge in [-0.3, -0.25) is 0 Å². The van der Waals surface area contributed by atoms with Gasteiger partial charge in [-0.2, -0.15) is 0 Å². The molecule has 0 aromatic carbocycles. The van der Waals surface area contributed by atoms with E-state index in [-0.39, 0.29) is 21.9 Å². The van der Waals surface area contributed by atoms with Crippen LogP contribution in [0.4, 0.5) is 0 Å². The van der Waals surface area contributed by atoms with Gasteiger partial charge in [-0.1, -0.05) is 41.2 Å². The van der Waals surface area contributed by atoms with Crippen molar-refractivity contribution in [3.63, 3.8) is 0 Å². The maximum atomic E-state index is 11.7. The van der Waals surface area contributed by atoms with E-state index >= 15 is 0 Å². The third-order valence-corrected chi connectivity index (χ3v) is 5.38. The van der Waals surface area contributed by atoms with E-state index in [2.05, 4.69) is 0 Å². The minimum absolute atomic E-state index is 0.0823. The molecule has 98 valence electrons. The summed E-state index contributed by atoms with van der Waals surface area (Å²) >= 11 is 18.7. The van der Waals surface area contributed by atoms with Crippen LogP contribution in [0.25, 0.3) is 0 Å². The lowest BCUT2D eigenvalue weighted by Gasteiger charge is -2.38. The number of allylic oxidation sites excluding steroid dienone is 1. The number of hydrogen-bond acceptors (Lipinski definition) is 3. The maximum absolute atomic E-state index is 11.7. The van der Waals surface area contributed by atoms with E-state index in [9.17, 15) is 4.79 Å². The topological polar surface area (TPSA) is 35.5 Å². The molecule has 0 bridgehead atoms. The summed E-state index contributed by atoms with van der Waals surface area (Å²) in [6.45, 7) is 0. The molecule has 2 aliphatic carbocycles. The highest BCUT2D eigenvalue weighted by Crippen LogP contribution is 2.59. The van der Waals surface area contributed by atoms with Gasteiger partial charge in [-0.05, 0) is 18.8 Å². The fraction of sp³-hybridized carbons (Fsp3) is 0.583. The summed E-state index contributed by atoms with van der Waals surface area (Å²) < 4.78 is 10.6. The smallest absolute Gasteiger partial charge is 0.353 e. The molecule has 3 nitrogen and oxygen atoms in total. The molecule has 1 aliphatic heterocycles. The number of fused-ring (bicyclic) bond motifs is 3. The lowest BCUT2D eigenvalue weighted by atomic mass is 9.79. The predicted octanol–water partition coefficient (Wildman–Crippen LogP) is 3.50. The molecular formula is C12H11Cl3O3. The van der Waals surface area contributed by atoms with Crippen molar-refractivity contribution in [1.82, 2.24) is 0 Å². The summed E-state index contributed by atoms with van der Waals surface area (Å²) in [4.78, 5) is 11.7. The first-order valence-corrected chi connectivity index (χ1v) is 6.90. The summed E-state index contributed by atoms with van der Waals surface area (Å²) in [5.41, 5.74) is 0.647. The molecule has 0 N–H and O–H groups in total. The van der Waals surface area contributed by atoms with Gasteiger partial charge in [0.1, 0.15) is 10.1 Å². The zero-order chi connectivity index (χ0) is 13.1. The van der Waals surface area contributed by atoms with Gasteiger partial charge in [0, 0.05) is 23.6 Å². The van der Waals surface area contributed by atoms with Gasteiger partial charge in [0.2, 0.25) is 0 Å². The molecule has 0 aromatic heterocycles. The second-order valence-corrected chi connectivity index (χ2v) is 5.91. The Labute approximate surface area is 120 Å². The van der Waals surface area contributed by atoms with Crippen molar-refractivity contribution < 1.29 is 14.3 Å². The predicted molar refractivity (Wildman–Crippen MR) is 68.3 cm³/mol. The number of carbonyl (C=O) groups is 1. The SMILES string of the molecule is CO[C@@]12OC(=O)C(Cl)=C1[C@H]1CCC[C@H]1C(Cl)=C2Cl. The summed E-state index contributed by atoms with van der Waals surface area (Å²) in [5.74, 6) is -1.78. The van der Waals surface area contributed by atoms with Crippen molar-refractivity contribution in [2.45, 2.75) is 25.0 Å². The number of ether oxygens (including phenoxy) is 2. The molecule has 3 atom stereocenters. The van der Waals surface area contributed by atoms with Crippen molar-refractivity contribution in [2.75, 3.05) is 7.11 Å². The molecule has 18 heavy (non-hydrogen) atoms. The van der Waals surface area contributed by atoms with Crippen LogP contribution >= 0.6 is 34.8 Å². The van der Waals surface area contributed by atoms with E-state index in [0.29, 0.717) is 10.6 Å². The minimum atomic E-state index is -1.39. The van der Waals surface area contributed by atoms with Gasteiger partial charge in [0.15, 0.2) is 0 Å². The number of esters is 1. The van der Waals surface area contributed by atoms with E-state index in [1.807, 2.05) is 0 Å². The van der Waals surface area contributed by atoms with Crippen LogP contribution in [0, 0.1) is 11.8 Å². The highest BCUT2D eigenvalue weighted by atomic mass is 35.5. The Morgan fingerprint density at radius 3 is 2.61 bits per heavy atom. The fourth-order valence-electron chi connectivity index (χ4n) is 3.22. The quantitative estimate of drug-likeness (QED) is 0.696. The molecule has 6 heteroatoms. The van der Waals surface area contributed by atoms with Crippen molar-refractivity contribution in [3.05, 3.63) is 20.7 Å². The zero-order valence-electron chi connectivity index (χ0n) is 9.63. The van der Waals surface area contributed by atoms with Gasteiger partial charge in [0.25, 0.3) is 5.79 Å². The Hall–Kier alpha value is -0.220. The Morgan fingerprint density at radius 2 is 1.94 bits per heavy atom. The monoisotopic (exact) mass is 308 g/mol. The van der Waals surface area contributed by atoms with E-state index < -0.39 is 11.8 Å². The van der Waals surface area contributed by atoms with Gasteiger partial charge in [-0.15, -0.1) is 0 Å². The number of halogens is 3. The molecule has 1 saturated carbocycles. The van der Waals surface area contributed by atoms with Crippen LogP contribution in [-0.2, 0) is 14.3 Å². The summed E-state index contributed by atoms with van der Waals surface area (Å²) in [7, 11) is 1.44. The third-order valence-electron chi connectivity index (χ3n) is 4.01. The molecule has 1 heterocycles. The maximum Gasteiger partial charge on any atom is 0.353 e. The number of methoxy groups -OCH3 is 1. The number of carbonyl (C=O) groups excluding carboxylic acids is 1. The largest absolute Gasteiger partial charge is 0.419 e.